The van der Waals surface area contributed by atoms with Gasteiger partial charge in [-0.15, -0.1) is 12.6 Å². The molecule has 1 heterocycles. The lowest BCUT2D eigenvalue weighted by Crippen LogP contribution is -1.95. The Kier molecular flexibility index (Phi) is 2.73. The van der Waals surface area contributed by atoms with Gasteiger partial charge in [-0.2, -0.15) is 0 Å². The first kappa shape index (κ1) is 8.81. The van der Waals surface area contributed by atoms with Crippen LogP contribution in [0, 0.1) is 0 Å². The molecule has 0 spiro atoms. The van der Waals surface area contributed by atoms with Crippen LogP contribution in [0.2, 0.25) is 5.02 Å². The molecule has 0 saturated carbocycles. The third-order valence-corrected chi connectivity index (χ3v) is 2.19. The maximum absolute atomic E-state index is 5.89. The standard InChI is InChI=1S/C7H9ClN2S/c1-4(2)6-5(8)7(11)10-3-9-6/h3-4H,1-2H3,(H,9,10,11). The van der Waals surface area contributed by atoms with Gasteiger partial charge in [0.15, 0.2) is 0 Å². The van der Waals surface area contributed by atoms with Gasteiger partial charge in [-0.1, -0.05) is 25.4 Å². The van der Waals surface area contributed by atoms with Crippen molar-refractivity contribution < 1.29 is 0 Å². The average molecular weight is 189 g/mol. The molecule has 0 fully saturated rings. The summed E-state index contributed by atoms with van der Waals surface area (Å²) in [5.41, 5.74) is 0.853. The van der Waals surface area contributed by atoms with E-state index in [-0.39, 0.29) is 0 Å². The van der Waals surface area contributed by atoms with E-state index in [1.165, 1.54) is 6.33 Å². The van der Waals surface area contributed by atoms with E-state index in [0.717, 1.165) is 5.69 Å². The molecule has 0 atom stereocenters. The van der Waals surface area contributed by atoms with Gasteiger partial charge in [-0.25, -0.2) is 9.97 Å². The zero-order valence-electron chi connectivity index (χ0n) is 6.37. The largest absolute Gasteiger partial charge is 0.239 e. The third-order valence-electron chi connectivity index (χ3n) is 1.34. The lowest BCUT2D eigenvalue weighted by atomic mass is 10.1. The van der Waals surface area contributed by atoms with Crippen LogP contribution in [0.25, 0.3) is 0 Å². The van der Waals surface area contributed by atoms with Crippen LogP contribution >= 0.6 is 24.2 Å². The van der Waals surface area contributed by atoms with E-state index >= 15 is 0 Å². The van der Waals surface area contributed by atoms with Gasteiger partial charge < -0.3 is 0 Å². The molecule has 0 radical (unpaired) electrons. The second-order valence-electron chi connectivity index (χ2n) is 2.55. The van der Waals surface area contributed by atoms with Gasteiger partial charge in [0.1, 0.15) is 11.4 Å². The van der Waals surface area contributed by atoms with Crippen molar-refractivity contribution in [1.82, 2.24) is 9.97 Å². The Morgan fingerprint density at radius 2 is 2.09 bits per heavy atom. The highest BCUT2D eigenvalue weighted by Crippen LogP contribution is 2.25. The Morgan fingerprint density at radius 3 is 2.55 bits per heavy atom. The van der Waals surface area contributed by atoms with E-state index in [9.17, 15) is 0 Å². The van der Waals surface area contributed by atoms with Crippen molar-refractivity contribution in [2.75, 3.05) is 0 Å². The Morgan fingerprint density at radius 1 is 1.45 bits per heavy atom. The molecule has 11 heavy (non-hydrogen) atoms. The Hall–Kier alpha value is -0.280. The van der Waals surface area contributed by atoms with Gasteiger partial charge in [0.25, 0.3) is 0 Å². The smallest absolute Gasteiger partial charge is 0.117 e. The fraction of sp³-hybridized carbons (Fsp3) is 0.429. The summed E-state index contributed by atoms with van der Waals surface area (Å²) in [6.07, 6.45) is 1.48. The molecule has 60 valence electrons. The highest BCUT2D eigenvalue weighted by Gasteiger charge is 2.08. The van der Waals surface area contributed by atoms with Gasteiger partial charge in [-0.3, -0.25) is 0 Å². The maximum atomic E-state index is 5.89. The van der Waals surface area contributed by atoms with Crippen LogP contribution in [-0.4, -0.2) is 9.97 Å². The number of hydrogen-bond donors (Lipinski definition) is 1. The zero-order chi connectivity index (χ0) is 8.43. The molecule has 0 aromatic carbocycles. The lowest BCUT2D eigenvalue weighted by Gasteiger charge is -2.06. The number of rotatable bonds is 1. The molecule has 0 aliphatic rings. The Labute approximate surface area is 76.4 Å². The lowest BCUT2D eigenvalue weighted by molar-refractivity contribution is 0.801. The summed E-state index contributed by atoms with van der Waals surface area (Å²) in [5, 5.41) is 1.11. The first-order chi connectivity index (χ1) is 5.13. The molecule has 0 aliphatic carbocycles. The molecule has 0 unspecified atom stereocenters. The van der Waals surface area contributed by atoms with Crippen LogP contribution in [0.1, 0.15) is 25.5 Å². The summed E-state index contributed by atoms with van der Waals surface area (Å²) in [4.78, 5) is 7.89. The topological polar surface area (TPSA) is 25.8 Å². The van der Waals surface area contributed by atoms with E-state index in [4.69, 9.17) is 11.6 Å². The van der Waals surface area contributed by atoms with Gasteiger partial charge in [0, 0.05) is 0 Å². The van der Waals surface area contributed by atoms with E-state index < -0.39 is 0 Å². The second kappa shape index (κ2) is 3.41. The molecule has 0 saturated heterocycles. The monoisotopic (exact) mass is 188 g/mol. The molecular weight excluding hydrogens is 180 g/mol. The summed E-state index contributed by atoms with van der Waals surface area (Å²) >= 11 is 9.97. The van der Waals surface area contributed by atoms with Crippen molar-refractivity contribution in [3.8, 4) is 0 Å². The second-order valence-corrected chi connectivity index (χ2v) is 3.35. The van der Waals surface area contributed by atoms with Gasteiger partial charge in [-0.05, 0) is 5.92 Å². The first-order valence-corrected chi connectivity index (χ1v) is 4.14. The van der Waals surface area contributed by atoms with Crippen molar-refractivity contribution in [3.63, 3.8) is 0 Å². The molecule has 2 nitrogen and oxygen atoms in total. The normalized spacial score (nSPS) is 10.6. The SMILES string of the molecule is CC(C)c1ncnc(S)c1Cl. The Balaban J connectivity index is 3.17. The minimum Gasteiger partial charge on any atom is -0.239 e. The fourth-order valence-electron chi connectivity index (χ4n) is 0.776. The number of aromatic nitrogens is 2. The van der Waals surface area contributed by atoms with Crippen LogP contribution in [0.15, 0.2) is 11.4 Å². The highest BCUT2D eigenvalue weighted by molar-refractivity contribution is 7.80. The van der Waals surface area contributed by atoms with Crippen LogP contribution in [0.5, 0.6) is 0 Å². The van der Waals surface area contributed by atoms with Crippen LogP contribution in [0.4, 0.5) is 0 Å². The summed E-state index contributed by atoms with van der Waals surface area (Å²) in [5.74, 6) is 0.316. The van der Waals surface area contributed by atoms with Gasteiger partial charge in [0.2, 0.25) is 0 Å². The van der Waals surface area contributed by atoms with E-state index in [1.807, 2.05) is 13.8 Å². The van der Waals surface area contributed by atoms with Gasteiger partial charge in [0.05, 0.1) is 10.7 Å². The third kappa shape index (κ3) is 1.84. The quantitative estimate of drug-likeness (QED) is 0.542. The molecule has 0 aliphatic heterocycles. The van der Waals surface area contributed by atoms with E-state index in [1.54, 1.807) is 0 Å². The van der Waals surface area contributed by atoms with Crippen molar-refractivity contribution in [3.05, 3.63) is 17.0 Å². The molecule has 1 rings (SSSR count). The summed E-state index contributed by atoms with van der Waals surface area (Å²) in [6.45, 7) is 4.06. The van der Waals surface area contributed by atoms with Crippen molar-refractivity contribution in [1.29, 1.82) is 0 Å². The minimum absolute atomic E-state index is 0.316. The molecule has 0 bridgehead atoms. The first-order valence-electron chi connectivity index (χ1n) is 3.32. The van der Waals surface area contributed by atoms with Crippen LogP contribution < -0.4 is 0 Å². The molecule has 1 aromatic rings. The van der Waals surface area contributed by atoms with Crippen molar-refractivity contribution >= 4 is 24.2 Å². The van der Waals surface area contributed by atoms with E-state index in [0.29, 0.717) is 16.0 Å². The predicted molar refractivity (Wildman–Crippen MR) is 48.4 cm³/mol. The molecule has 0 amide bonds. The number of halogens is 1. The number of thiol groups is 1. The minimum atomic E-state index is 0.316. The zero-order valence-corrected chi connectivity index (χ0v) is 8.02. The molecular formula is C7H9ClN2S. The van der Waals surface area contributed by atoms with E-state index in [2.05, 4.69) is 22.6 Å². The Bertz CT molecular complexity index is 263. The highest BCUT2D eigenvalue weighted by atomic mass is 35.5. The molecule has 0 N–H and O–H groups in total. The van der Waals surface area contributed by atoms with Crippen molar-refractivity contribution in [2.24, 2.45) is 0 Å². The predicted octanol–water partition coefficient (Wildman–Crippen LogP) is 2.54. The molecule has 1 aromatic heterocycles. The van der Waals surface area contributed by atoms with Crippen molar-refractivity contribution in [2.45, 2.75) is 24.8 Å². The maximum Gasteiger partial charge on any atom is 0.117 e. The molecule has 4 heteroatoms. The summed E-state index contributed by atoms with van der Waals surface area (Å²) < 4.78 is 0. The van der Waals surface area contributed by atoms with Crippen LogP contribution in [-0.2, 0) is 0 Å². The average Bonchev–Trinajstić information content (AvgIpc) is 1.94. The van der Waals surface area contributed by atoms with Gasteiger partial charge >= 0.3 is 0 Å². The number of hydrogen-bond acceptors (Lipinski definition) is 3. The summed E-state index contributed by atoms with van der Waals surface area (Å²) in [6, 6.07) is 0. The fourth-order valence-corrected chi connectivity index (χ4v) is 1.26. The summed E-state index contributed by atoms with van der Waals surface area (Å²) in [7, 11) is 0. The number of nitrogens with zero attached hydrogens (tertiary/aromatic N) is 2. The van der Waals surface area contributed by atoms with Crippen LogP contribution in [0.3, 0.4) is 0 Å².